The first-order chi connectivity index (χ1) is 15.2. The van der Waals surface area contributed by atoms with E-state index in [1.54, 1.807) is 0 Å². The standard InChI is InChI=1S/C26H26N2O3/c29-26(30)20-31-25-13-7-12-24-23(25)14-15-28(24)17-16-27(18-21-8-3-1-4-9-21)19-22-10-5-2-6-11-22/h1-15H,16-20H2,(H,29,30). The van der Waals surface area contributed by atoms with E-state index in [0.29, 0.717) is 5.75 Å². The normalized spacial score (nSPS) is 11.1. The molecule has 1 heterocycles. The average Bonchev–Trinajstić information content (AvgIpc) is 3.21. The molecule has 5 heteroatoms. The smallest absolute Gasteiger partial charge is 0.341 e. The lowest BCUT2D eigenvalue weighted by Crippen LogP contribution is -2.26. The second kappa shape index (κ2) is 9.96. The largest absolute Gasteiger partial charge is 0.481 e. The zero-order chi connectivity index (χ0) is 21.5. The van der Waals surface area contributed by atoms with E-state index in [9.17, 15) is 4.79 Å². The number of carboxylic acid groups (broad SMARTS) is 1. The van der Waals surface area contributed by atoms with Crippen LogP contribution in [0.4, 0.5) is 0 Å². The Hall–Kier alpha value is -3.57. The van der Waals surface area contributed by atoms with Crippen LogP contribution in [0.5, 0.6) is 5.75 Å². The highest BCUT2D eigenvalue weighted by molar-refractivity contribution is 5.86. The first kappa shape index (κ1) is 20.7. The molecule has 1 aromatic heterocycles. The molecule has 0 saturated heterocycles. The second-order valence-corrected chi connectivity index (χ2v) is 7.56. The van der Waals surface area contributed by atoms with Gasteiger partial charge < -0.3 is 14.4 Å². The average molecular weight is 415 g/mol. The van der Waals surface area contributed by atoms with Crippen molar-refractivity contribution >= 4 is 16.9 Å². The van der Waals surface area contributed by atoms with Crippen molar-refractivity contribution in [3.63, 3.8) is 0 Å². The molecule has 0 aliphatic rings. The molecular weight excluding hydrogens is 388 g/mol. The van der Waals surface area contributed by atoms with Crippen LogP contribution in [-0.2, 0) is 24.4 Å². The molecule has 3 aromatic carbocycles. The fourth-order valence-electron chi connectivity index (χ4n) is 3.80. The first-order valence-electron chi connectivity index (χ1n) is 10.4. The van der Waals surface area contributed by atoms with Gasteiger partial charge in [-0.25, -0.2) is 4.79 Å². The molecule has 4 aromatic rings. The Morgan fingerprint density at radius 1 is 0.839 bits per heavy atom. The Bertz CT molecular complexity index is 1080. The van der Waals surface area contributed by atoms with Crippen molar-refractivity contribution in [2.24, 2.45) is 0 Å². The van der Waals surface area contributed by atoms with E-state index in [1.807, 2.05) is 42.6 Å². The highest BCUT2D eigenvalue weighted by Crippen LogP contribution is 2.26. The minimum atomic E-state index is -0.978. The lowest BCUT2D eigenvalue weighted by molar-refractivity contribution is -0.139. The summed E-state index contributed by atoms with van der Waals surface area (Å²) in [6.45, 7) is 3.12. The third kappa shape index (κ3) is 5.53. The minimum Gasteiger partial charge on any atom is -0.481 e. The second-order valence-electron chi connectivity index (χ2n) is 7.56. The van der Waals surface area contributed by atoms with E-state index in [1.165, 1.54) is 11.1 Å². The van der Waals surface area contributed by atoms with E-state index < -0.39 is 5.97 Å². The Morgan fingerprint density at radius 2 is 1.48 bits per heavy atom. The van der Waals surface area contributed by atoms with E-state index in [4.69, 9.17) is 9.84 Å². The molecular formula is C26H26N2O3. The third-order valence-electron chi connectivity index (χ3n) is 5.28. The molecule has 1 N–H and O–H groups in total. The lowest BCUT2D eigenvalue weighted by atomic mass is 10.1. The maximum atomic E-state index is 10.9. The van der Waals surface area contributed by atoms with Crippen LogP contribution in [0.1, 0.15) is 11.1 Å². The molecule has 4 rings (SSSR count). The molecule has 0 bridgehead atoms. The zero-order valence-corrected chi connectivity index (χ0v) is 17.4. The van der Waals surface area contributed by atoms with Gasteiger partial charge in [0.25, 0.3) is 0 Å². The van der Waals surface area contributed by atoms with Crippen molar-refractivity contribution in [1.29, 1.82) is 0 Å². The molecule has 0 aliphatic carbocycles. The van der Waals surface area contributed by atoms with Gasteiger partial charge in [-0.15, -0.1) is 0 Å². The fourth-order valence-corrected chi connectivity index (χ4v) is 3.80. The van der Waals surface area contributed by atoms with Crippen LogP contribution in [0.15, 0.2) is 91.1 Å². The molecule has 5 nitrogen and oxygen atoms in total. The molecule has 0 atom stereocenters. The van der Waals surface area contributed by atoms with Crippen LogP contribution >= 0.6 is 0 Å². The Kier molecular flexibility index (Phi) is 6.65. The summed E-state index contributed by atoms with van der Waals surface area (Å²) in [6, 6.07) is 28.8. The quantitative estimate of drug-likeness (QED) is 0.405. The summed E-state index contributed by atoms with van der Waals surface area (Å²) in [5.74, 6) is -0.377. The molecule has 0 radical (unpaired) electrons. The summed E-state index contributed by atoms with van der Waals surface area (Å²) in [5.41, 5.74) is 3.63. The van der Waals surface area contributed by atoms with Gasteiger partial charge in [0.15, 0.2) is 6.61 Å². The number of ether oxygens (including phenoxy) is 1. The van der Waals surface area contributed by atoms with E-state index in [0.717, 1.165) is 37.1 Å². The SMILES string of the molecule is O=C(O)COc1cccc2c1ccn2CCN(Cc1ccccc1)Cc1ccccc1. The van der Waals surface area contributed by atoms with Crippen LogP contribution in [0.2, 0.25) is 0 Å². The molecule has 0 saturated carbocycles. The molecule has 0 fully saturated rings. The van der Waals surface area contributed by atoms with Crippen molar-refractivity contribution in [2.75, 3.05) is 13.2 Å². The maximum absolute atomic E-state index is 10.9. The zero-order valence-electron chi connectivity index (χ0n) is 17.4. The topological polar surface area (TPSA) is 54.7 Å². The highest BCUT2D eigenvalue weighted by atomic mass is 16.5. The van der Waals surface area contributed by atoms with Gasteiger partial charge in [-0.05, 0) is 29.3 Å². The lowest BCUT2D eigenvalue weighted by Gasteiger charge is -2.23. The molecule has 31 heavy (non-hydrogen) atoms. The molecule has 0 aliphatic heterocycles. The Morgan fingerprint density at radius 3 is 2.10 bits per heavy atom. The first-order valence-corrected chi connectivity index (χ1v) is 10.4. The summed E-state index contributed by atoms with van der Waals surface area (Å²) in [5, 5.41) is 9.84. The van der Waals surface area contributed by atoms with Crippen molar-refractivity contribution in [1.82, 2.24) is 9.47 Å². The number of aliphatic carboxylic acids is 1. The number of carboxylic acids is 1. The summed E-state index contributed by atoms with van der Waals surface area (Å²) >= 11 is 0. The minimum absolute atomic E-state index is 0.341. The highest BCUT2D eigenvalue weighted by Gasteiger charge is 2.11. The van der Waals surface area contributed by atoms with Gasteiger partial charge >= 0.3 is 5.97 Å². The Labute approximate surface area is 182 Å². The predicted octanol–water partition coefficient (Wildman–Crippen LogP) is 4.81. The maximum Gasteiger partial charge on any atom is 0.341 e. The fraction of sp³-hybridized carbons (Fsp3) is 0.192. The number of aromatic nitrogens is 1. The van der Waals surface area contributed by atoms with Crippen LogP contribution < -0.4 is 4.74 Å². The van der Waals surface area contributed by atoms with E-state index >= 15 is 0 Å². The van der Waals surface area contributed by atoms with Crippen molar-refractivity contribution in [3.8, 4) is 5.75 Å². The summed E-state index contributed by atoms with van der Waals surface area (Å²) in [4.78, 5) is 13.3. The summed E-state index contributed by atoms with van der Waals surface area (Å²) < 4.78 is 7.65. The predicted molar refractivity (Wildman–Crippen MR) is 122 cm³/mol. The number of benzene rings is 3. The van der Waals surface area contributed by atoms with Gasteiger partial charge in [0.05, 0.1) is 5.52 Å². The van der Waals surface area contributed by atoms with Gasteiger partial charge in [-0.1, -0.05) is 66.7 Å². The number of fused-ring (bicyclic) bond motifs is 1. The van der Waals surface area contributed by atoms with E-state index in [2.05, 4.69) is 58.0 Å². The summed E-state index contributed by atoms with van der Waals surface area (Å²) in [6.07, 6.45) is 2.04. The van der Waals surface area contributed by atoms with Gasteiger partial charge in [0.2, 0.25) is 0 Å². The van der Waals surface area contributed by atoms with Crippen molar-refractivity contribution < 1.29 is 14.6 Å². The van der Waals surface area contributed by atoms with Crippen molar-refractivity contribution in [3.05, 3.63) is 102 Å². The number of nitrogens with zero attached hydrogens (tertiary/aromatic N) is 2. The third-order valence-corrected chi connectivity index (χ3v) is 5.28. The molecule has 158 valence electrons. The molecule has 0 spiro atoms. The van der Waals surface area contributed by atoms with Crippen LogP contribution in [0, 0.1) is 0 Å². The number of hydrogen-bond acceptors (Lipinski definition) is 3. The van der Waals surface area contributed by atoms with Crippen LogP contribution in [-0.4, -0.2) is 33.7 Å². The van der Waals surface area contributed by atoms with Crippen LogP contribution in [0.25, 0.3) is 10.9 Å². The van der Waals surface area contributed by atoms with Gasteiger partial charge in [0.1, 0.15) is 5.75 Å². The number of rotatable bonds is 10. The van der Waals surface area contributed by atoms with Gasteiger partial charge in [-0.2, -0.15) is 0 Å². The number of carbonyl (C=O) groups is 1. The molecule has 0 amide bonds. The van der Waals surface area contributed by atoms with Gasteiger partial charge in [-0.3, -0.25) is 4.90 Å². The molecule has 0 unspecified atom stereocenters. The van der Waals surface area contributed by atoms with Crippen molar-refractivity contribution in [2.45, 2.75) is 19.6 Å². The monoisotopic (exact) mass is 414 g/mol. The Balaban J connectivity index is 1.50. The van der Waals surface area contributed by atoms with Crippen LogP contribution in [0.3, 0.4) is 0 Å². The van der Waals surface area contributed by atoms with E-state index in [-0.39, 0.29) is 6.61 Å². The summed E-state index contributed by atoms with van der Waals surface area (Å²) in [7, 11) is 0. The number of hydrogen-bond donors (Lipinski definition) is 1. The van der Waals surface area contributed by atoms with Gasteiger partial charge in [0, 0.05) is 37.8 Å².